The molecule has 0 N–H and O–H groups in total. The fourth-order valence-electron chi connectivity index (χ4n) is 2.83. The molecule has 0 aromatic heterocycles. The summed E-state index contributed by atoms with van der Waals surface area (Å²) in [6.07, 6.45) is -11.1. The van der Waals surface area contributed by atoms with E-state index in [2.05, 4.69) is 0 Å². The van der Waals surface area contributed by atoms with Gasteiger partial charge in [-0.3, -0.25) is 0 Å². The number of hydrogen-bond donors (Lipinski definition) is 0. The third-order valence-corrected chi connectivity index (χ3v) is 5.59. The Morgan fingerprint density at radius 2 is 1.08 bits per heavy atom. The molecule has 0 amide bonds. The van der Waals surface area contributed by atoms with E-state index in [0.29, 0.717) is 20.3 Å². The van der Waals surface area contributed by atoms with Gasteiger partial charge in [-0.05, 0) is 77.2 Å². The fraction of sp³-hybridized carbons (Fsp3) is 0.333. The van der Waals surface area contributed by atoms with Crippen molar-refractivity contribution in [2.75, 3.05) is 0 Å². The molecule has 0 unspecified atom stereocenters. The molecule has 0 aliphatic rings. The molecular formula is C18H15F6I. The van der Waals surface area contributed by atoms with E-state index in [9.17, 15) is 26.3 Å². The van der Waals surface area contributed by atoms with Gasteiger partial charge in [-0.2, -0.15) is 26.3 Å². The highest BCUT2D eigenvalue weighted by molar-refractivity contribution is 14.1. The van der Waals surface area contributed by atoms with E-state index >= 15 is 0 Å². The van der Waals surface area contributed by atoms with Gasteiger partial charge in [0.1, 0.15) is 0 Å². The van der Waals surface area contributed by atoms with E-state index in [0.717, 1.165) is 24.3 Å². The molecule has 2 aromatic carbocycles. The first kappa shape index (κ1) is 20.1. The summed E-state index contributed by atoms with van der Waals surface area (Å²) in [6.45, 7) is 4.62. The number of halogens is 7. The largest absolute Gasteiger partial charge is 0.411 e. The summed E-state index contributed by atoms with van der Waals surface area (Å²) in [5.41, 5.74) is -4.36. The summed E-state index contributed by atoms with van der Waals surface area (Å²) in [4.78, 5) is 0. The maximum absolute atomic E-state index is 14.0. The molecular weight excluding hydrogens is 457 g/mol. The van der Waals surface area contributed by atoms with Crippen LogP contribution in [0.1, 0.15) is 27.8 Å². The molecule has 0 nitrogen and oxygen atoms in total. The van der Waals surface area contributed by atoms with Crippen molar-refractivity contribution < 1.29 is 26.3 Å². The minimum absolute atomic E-state index is 0.361. The summed E-state index contributed by atoms with van der Waals surface area (Å²) < 4.78 is 84.5. The first-order chi connectivity index (χ1) is 11.3. The van der Waals surface area contributed by atoms with E-state index in [4.69, 9.17) is 0 Å². The number of alkyl halides is 6. The van der Waals surface area contributed by atoms with Crippen molar-refractivity contribution >= 4 is 22.6 Å². The van der Waals surface area contributed by atoms with Gasteiger partial charge in [0.05, 0.1) is 0 Å². The Balaban J connectivity index is 2.96. The van der Waals surface area contributed by atoms with Gasteiger partial charge in [-0.25, -0.2) is 0 Å². The lowest BCUT2D eigenvalue weighted by atomic mass is 9.72. The highest BCUT2D eigenvalue weighted by atomic mass is 127. The second-order valence-corrected chi connectivity index (χ2v) is 7.17. The second kappa shape index (κ2) is 6.48. The topological polar surface area (TPSA) is 0 Å². The molecule has 0 bridgehead atoms. The molecule has 0 saturated carbocycles. The monoisotopic (exact) mass is 472 g/mol. The first-order valence-electron chi connectivity index (χ1n) is 7.30. The summed E-state index contributed by atoms with van der Waals surface area (Å²) in [7, 11) is 0. The van der Waals surface area contributed by atoms with Gasteiger partial charge in [0, 0.05) is 3.57 Å². The van der Waals surface area contributed by atoms with Gasteiger partial charge >= 0.3 is 12.4 Å². The Morgan fingerprint density at radius 3 is 1.48 bits per heavy atom. The van der Waals surface area contributed by atoms with Crippen molar-refractivity contribution in [1.82, 2.24) is 0 Å². The third-order valence-electron chi connectivity index (χ3n) is 4.38. The molecule has 2 rings (SSSR count). The van der Waals surface area contributed by atoms with Gasteiger partial charge in [0.25, 0.3) is 0 Å². The van der Waals surface area contributed by atoms with Crippen LogP contribution in [0.4, 0.5) is 26.3 Å². The molecule has 7 heteroatoms. The normalized spacial score (nSPS) is 13.2. The summed E-state index contributed by atoms with van der Waals surface area (Å²) >= 11 is 1.87. The molecule has 0 atom stereocenters. The first-order valence-corrected chi connectivity index (χ1v) is 8.38. The van der Waals surface area contributed by atoms with E-state index in [-0.39, 0.29) is 0 Å². The Bertz CT molecular complexity index is 722. The van der Waals surface area contributed by atoms with Crippen molar-refractivity contribution in [1.29, 1.82) is 0 Å². The van der Waals surface area contributed by atoms with Crippen LogP contribution in [0, 0.1) is 24.3 Å². The minimum Gasteiger partial charge on any atom is -0.169 e. The molecule has 0 aliphatic heterocycles. The van der Waals surface area contributed by atoms with Crippen molar-refractivity contribution in [3.05, 3.63) is 67.8 Å². The predicted octanol–water partition coefficient (Wildman–Crippen LogP) is 6.63. The van der Waals surface area contributed by atoms with E-state index in [1.807, 2.05) is 22.6 Å². The molecule has 0 heterocycles. The Morgan fingerprint density at radius 1 is 0.640 bits per heavy atom. The molecule has 25 heavy (non-hydrogen) atoms. The quantitative estimate of drug-likeness (QED) is 0.340. The highest BCUT2D eigenvalue weighted by Crippen LogP contribution is 2.56. The average molecular weight is 472 g/mol. The molecule has 2 aromatic rings. The zero-order chi connectivity index (χ0) is 19.2. The van der Waals surface area contributed by atoms with Gasteiger partial charge < -0.3 is 0 Å². The van der Waals surface area contributed by atoms with Gasteiger partial charge in [-0.1, -0.05) is 30.3 Å². The van der Waals surface area contributed by atoms with Crippen LogP contribution >= 0.6 is 22.6 Å². The Labute approximate surface area is 155 Å². The molecule has 0 spiro atoms. The number of aryl methyl sites for hydroxylation is 3. The van der Waals surface area contributed by atoms with Crippen LogP contribution in [-0.2, 0) is 5.41 Å². The lowest BCUT2D eigenvalue weighted by Gasteiger charge is -2.38. The summed E-state index contributed by atoms with van der Waals surface area (Å²) in [5, 5.41) is 0. The molecule has 0 fully saturated rings. The zero-order valence-electron chi connectivity index (χ0n) is 13.6. The van der Waals surface area contributed by atoms with Crippen LogP contribution in [0.3, 0.4) is 0 Å². The molecule has 136 valence electrons. The van der Waals surface area contributed by atoms with Crippen molar-refractivity contribution in [3.63, 3.8) is 0 Å². The maximum Gasteiger partial charge on any atom is 0.411 e. The van der Waals surface area contributed by atoms with Crippen LogP contribution in [-0.4, -0.2) is 12.4 Å². The SMILES string of the molecule is Cc1ccc(C(c2ccc(I)c(C)c2)(C(F)(F)F)C(F)(F)F)cc1C. The van der Waals surface area contributed by atoms with Crippen molar-refractivity contribution in [2.24, 2.45) is 0 Å². The van der Waals surface area contributed by atoms with Gasteiger partial charge in [-0.15, -0.1) is 0 Å². The fourth-order valence-corrected chi connectivity index (χ4v) is 3.17. The zero-order valence-corrected chi connectivity index (χ0v) is 15.8. The van der Waals surface area contributed by atoms with Crippen LogP contribution in [0.15, 0.2) is 36.4 Å². The van der Waals surface area contributed by atoms with Gasteiger partial charge in [0.2, 0.25) is 5.41 Å². The van der Waals surface area contributed by atoms with Crippen LogP contribution in [0.25, 0.3) is 0 Å². The average Bonchev–Trinajstić information content (AvgIpc) is 2.44. The van der Waals surface area contributed by atoms with E-state index in [1.54, 1.807) is 6.92 Å². The summed E-state index contributed by atoms with van der Waals surface area (Å²) in [5.74, 6) is 0. The lowest BCUT2D eigenvalue weighted by molar-refractivity contribution is -0.288. The predicted molar refractivity (Wildman–Crippen MR) is 92.7 cm³/mol. The highest BCUT2D eigenvalue weighted by Gasteiger charge is 2.72. The standard InChI is InChI=1S/C18H15F6I/c1-10-4-5-13(8-11(10)2)16(17(19,20)21,18(22,23)24)14-6-7-15(25)12(3)9-14/h4-9H,1-3H3. The molecule has 0 aliphatic carbocycles. The second-order valence-electron chi connectivity index (χ2n) is 6.01. The van der Waals surface area contributed by atoms with Crippen molar-refractivity contribution in [2.45, 2.75) is 38.5 Å². The van der Waals surface area contributed by atoms with E-state index < -0.39 is 28.9 Å². The Kier molecular flexibility index (Phi) is 5.20. The molecule has 0 saturated heterocycles. The maximum atomic E-state index is 14.0. The summed E-state index contributed by atoms with van der Waals surface area (Å²) in [6, 6.07) is 6.33. The lowest BCUT2D eigenvalue weighted by Crippen LogP contribution is -2.54. The number of hydrogen-bond acceptors (Lipinski definition) is 0. The van der Waals surface area contributed by atoms with Crippen LogP contribution in [0.5, 0.6) is 0 Å². The molecule has 0 radical (unpaired) electrons. The number of rotatable bonds is 2. The number of benzene rings is 2. The Hall–Kier alpha value is -1.25. The minimum atomic E-state index is -5.55. The van der Waals surface area contributed by atoms with Gasteiger partial charge in [0.15, 0.2) is 0 Å². The van der Waals surface area contributed by atoms with E-state index in [1.165, 1.54) is 26.0 Å². The van der Waals surface area contributed by atoms with Crippen molar-refractivity contribution in [3.8, 4) is 0 Å². The smallest absolute Gasteiger partial charge is 0.169 e. The third kappa shape index (κ3) is 3.27. The van der Waals surface area contributed by atoms with Crippen LogP contribution < -0.4 is 0 Å². The van der Waals surface area contributed by atoms with Crippen LogP contribution in [0.2, 0.25) is 0 Å².